The van der Waals surface area contributed by atoms with Crippen molar-refractivity contribution in [2.24, 2.45) is 5.73 Å². The van der Waals surface area contributed by atoms with Gasteiger partial charge in [-0.15, -0.1) is 0 Å². The second-order valence-corrected chi connectivity index (χ2v) is 5.15. The van der Waals surface area contributed by atoms with Crippen LogP contribution in [-0.2, 0) is 0 Å². The van der Waals surface area contributed by atoms with Gasteiger partial charge in [-0.1, -0.05) is 29.3 Å². The first-order valence-corrected chi connectivity index (χ1v) is 6.38. The molecule has 0 bridgehead atoms. The van der Waals surface area contributed by atoms with Gasteiger partial charge < -0.3 is 5.73 Å². The maximum Gasteiger partial charge on any atom is 0.0562 e. The average molecular weight is 231 g/mol. The Bertz CT molecular complexity index is 479. The molecular weight excluding hydrogens is 214 g/mol. The van der Waals surface area contributed by atoms with Gasteiger partial charge in [-0.3, -0.25) is 0 Å². The number of hydrogen-bond acceptors (Lipinski definition) is 2. The van der Waals surface area contributed by atoms with Crippen LogP contribution in [0.25, 0.3) is 0 Å². The van der Waals surface area contributed by atoms with Crippen LogP contribution in [0.15, 0.2) is 29.0 Å². The van der Waals surface area contributed by atoms with Crippen LogP contribution < -0.4 is 5.73 Å². The first-order chi connectivity index (χ1) is 7.58. The molecule has 0 saturated heterocycles. The van der Waals surface area contributed by atoms with Gasteiger partial charge in [-0.25, -0.2) is 0 Å². The number of aryl methyl sites for hydroxylation is 3. The molecule has 2 heteroatoms. The highest BCUT2D eigenvalue weighted by atomic mass is 32.1. The molecule has 0 saturated carbocycles. The van der Waals surface area contributed by atoms with E-state index >= 15 is 0 Å². The highest BCUT2D eigenvalue weighted by Gasteiger charge is 2.12. The molecule has 2 rings (SSSR count). The standard InChI is InChI=1S/C14H17NS/c1-9-4-10(2)6-12(5-9)14(15)13-8-16-7-11(13)3/h4-8,14H,15H2,1-3H3. The fraction of sp³-hybridized carbons (Fsp3) is 0.286. The van der Waals surface area contributed by atoms with Crippen LogP contribution in [0.2, 0.25) is 0 Å². The SMILES string of the molecule is Cc1cc(C)cc(C(N)c2cscc2C)c1. The molecule has 0 aliphatic heterocycles. The van der Waals surface area contributed by atoms with Crippen molar-refractivity contribution in [3.63, 3.8) is 0 Å². The third kappa shape index (κ3) is 2.18. The van der Waals surface area contributed by atoms with Crippen molar-refractivity contribution >= 4 is 11.3 Å². The van der Waals surface area contributed by atoms with Gasteiger partial charge in [0, 0.05) is 0 Å². The lowest BCUT2D eigenvalue weighted by Crippen LogP contribution is -2.12. The summed E-state index contributed by atoms with van der Waals surface area (Å²) in [4.78, 5) is 0. The maximum atomic E-state index is 6.31. The minimum absolute atomic E-state index is 0.00449. The second kappa shape index (κ2) is 4.40. The normalized spacial score (nSPS) is 12.8. The van der Waals surface area contributed by atoms with Gasteiger partial charge in [0.2, 0.25) is 0 Å². The molecule has 0 radical (unpaired) electrons. The fourth-order valence-corrected chi connectivity index (χ4v) is 2.95. The molecule has 1 atom stereocenters. The first-order valence-electron chi connectivity index (χ1n) is 5.44. The average Bonchev–Trinajstić information content (AvgIpc) is 2.62. The highest BCUT2D eigenvalue weighted by Crippen LogP contribution is 2.26. The van der Waals surface area contributed by atoms with Crippen molar-refractivity contribution in [3.05, 3.63) is 56.8 Å². The molecule has 0 aliphatic rings. The van der Waals surface area contributed by atoms with E-state index in [1.165, 1.54) is 27.8 Å². The first kappa shape index (κ1) is 11.4. The van der Waals surface area contributed by atoms with Gasteiger partial charge >= 0.3 is 0 Å². The lowest BCUT2D eigenvalue weighted by Gasteiger charge is -2.13. The Morgan fingerprint density at radius 3 is 2.12 bits per heavy atom. The Hall–Kier alpha value is -1.12. The Kier molecular flexibility index (Phi) is 3.13. The molecule has 1 aromatic heterocycles. The summed E-state index contributed by atoms with van der Waals surface area (Å²) < 4.78 is 0. The zero-order valence-electron chi connectivity index (χ0n) is 9.95. The van der Waals surface area contributed by atoms with E-state index in [1.807, 2.05) is 0 Å². The van der Waals surface area contributed by atoms with E-state index in [1.54, 1.807) is 11.3 Å². The van der Waals surface area contributed by atoms with Gasteiger partial charge in [0.1, 0.15) is 0 Å². The Labute approximate surface area is 101 Å². The summed E-state index contributed by atoms with van der Waals surface area (Å²) in [5.41, 5.74) is 12.6. The lowest BCUT2D eigenvalue weighted by molar-refractivity contribution is 0.864. The molecular formula is C14H17NS. The molecule has 1 heterocycles. The highest BCUT2D eigenvalue weighted by molar-refractivity contribution is 7.08. The molecule has 1 aromatic carbocycles. The molecule has 2 aromatic rings. The largest absolute Gasteiger partial charge is 0.320 e. The predicted octanol–water partition coefficient (Wildman–Crippen LogP) is 3.72. The predicted molar refractivity (Wildman–Crippen MR) is 71.0 cm³/mol. The van der Waals surface area contributed by atoms with Crippen molar-refractivity contribution in [1.82, 2.24) is 0 Å². The van der Waals surface area contributed by atoms with Gasteiger partial charge in [0.15, 0.2) is 0 Å². The minimum Gasteiger partial charge on any atom is -0.320 e. The molecule has 16 heavy (non-hydrogen) atoms. The van der Waals surface area contributed by atoms with E-state index in [4.69, 9.17) is 5.73 Å². The van der Waals surface area contributed by atoms with E-state index in [0.29, 0.717) is 0 Å². The van der Waals surface area contributed by atoms with E-state index < -0.39 is 0 Å². The summed E-state index contributed by atoms with van der Waals surface area (Å²) in [5.74, 6) is 0. The third-order valence-electron chi connectivity index (χ3n) is 2.83. The topological polar surface area (TPSA) is 26.0 Å². The zero-order valence-corrected chi connectivity index (χ0v) is 10.8. The Balaban J connectivity index is 2.41. The van der Waals surface area contributed by atoms with Gasteiger partial charge in [0.25, 0.3) is 0 Å². The summed E-state index contributed by atoms with van der Waals surface area (Å²) in [6.45, 7) is 6.35. The summed E-state index contributed by atoms with van der Waals surface area (Å²) in [5, 5.41) is 4.30. The van der Waals surface area contributed by atoms with Crippen LogP contribution >= 0.6 is 11.3 Å². The van der Waals surface area contributed by atoms with E-state index in [9.17, 15) is 0 Å². The van der Waals surface area contributed by atoms with Crippen molar-refractivity contribution in [2.75, 3.05) is 0 Å². The van der Waals surface area contributed by atoms with Gasteiger partial charge in [-0.05, 0) is 48.2 Å². The molecule has 0 amide bonds. The smallest absolute Gasteiger partial charge is 0.0562 e. The van der Waals surface area contributed by atoms with Crippen LogP contribution in [-0.4, -0.2) is 0 Å². The van der Waals surface area contributed by atoms with Crippen molar-refractivity contribution < 1.29 is 0 Å². The molecule has 0 fully saturated rings. The van der Waals surface area contributed by atoms with Crippen molar-refractivity contribution in [3.8, 4) is 0 Å². The summed E-state index contributed by atoms with van der Waals surface area (Å²) in [6, 6.07) is 6.53. The van der Waals surface area contributed by atoms with Crippen LogP contribution in [0.5, 0.6) is 0 Å². The molecule has 84 valence electrons. The zero-order chi connectivity index (χ0) is 11.7. The van der Waals surface area contributed by atoms with Crippen LogP contribution in [0.3, 0.4) is 0 Å². The molecule has 0 aliphatic carbocycles. The van der Waals surface area contributed by atoms with E-state index in [0.717, 1.165) is 0 Å². The second-order valence-electron chi connectivity index (χ2n) is 4.41. The summed E-state index contributed by atoms with van der Waals surface area (Å²) in [6.07, 6.45) is 0. The quantitative estimate of drug-likeness (QED) is 0.837. The molecule has 1 unspecified atom stereocenters. The molecule has 1 nitrogen and oxygen atoms in total. The van der Waals surface area contributed by atoms with E-state index in [2.05, 4.69) is 49.7 Å². The number of rotatable bonds is 2. The van der Waals surface area contributed by atoms with Crippen LogP contribution in [0, 0.1) is 20.8 Å². The number of nitrogens with two attached hydrogens (primary N) is 1. The van der Waals surface area contributed by atoms with Crippen LogP contribution in [0.1, 0.15) is 33.9 Å². The van der Waals surface area contributed by atoms with Gasteiger partial charge in [-0.2, -0.15) is 11.3 Å². The monoisotopic (exact) mass is 231 g/mol. The van der Waals surface area contributed by atoms with Gasteiger partial charge in [0.05, 0.1) is 6.04 Å². The minimum atomic E-state index is 0.00449. The number of hydrogen-bond donors (Lipinski definition) is 1. The van der Waals surface area contributed by atoms with Crippen molar-refractivity contribution in [1.29, 1.82) is 0 Å². The number of thiophene rings is 1. The Morgan fingerprint density at radius 2 is 1.62 bits per heavy atom. The summed E-state index contributed by atoms with van der Waals surface area (Å²) >= 11 is 1.72. The Morgan fingerprint density at radius 1 is 1.00 bits per heavy atom. The summed E-state index contributed by atoms with van der Waals surface area (Å²) in [7, 11) is 0. The third-order valence-corrected chi connectivity index (χ3v) is 3.71. The van der Waals surface area contributed by atoms with Crippen LogP contribution in [0.4, 0.5) is 0 Å². The molecule has 0 spiro atoms. The lowest BCUT2D eigenvalue weighted by atomic mass is 9.96. The fourth-order valence-electron chi connectivity index (χ4n) is 2.06. The number of benzene rings is 1. The van der Waals surface area contributed by atoms with E-state index in [-0.39, 0.29) is 6.04 Å². The maximum absolute atomic E-state index is 6.31. The molecule has 2 N–H and O–H groups in total. The van der Waals surface area contributed by atoms with Crippen molar-refractivity contribution in [2.45, 2.75) is 26.8 Å².